The predicted octanol–water partition coefficient (Wildman–Crippen LogP) is 2.33. The Labute approximate surface area is 113 Å². The number of carbonyl (C=O) groups is 1. The van der Waals surface area contributed by atoms with Gasteiger partial charge in [-0.05, 0) is 12.1 Å². The third kappa shape index (κ3) is 3.65. The van der Waals surface area contributed by atoms with Crippen molar-refractivity contribution in [3.63, 3.8) is 0 Å². The van der Waals surface area contributed by atoms with Gasteiger partial charge in [0.2, 0.25) is 0 Å². The Morgan fingerprint density at radius 3 is 2.68 bits per heavy atom. The van der Waals surface area contributed by atoms with Crippen LogP contribution >= 0.6 is 11.6 Å². The quantitative estimate of drug-likeness (QED) is 0.303. The lowest BCUT2D eigenvalue weighted by Gasteiger charge is -2.07. The minimum absolute atomic E-state index is 0.103. The number of esters is 1. The fourth-order valence-electron chi connectivity index (χ4n) is 1.28. The largest absolute Gasteiger partial charge is 0.496 e. The van der Waals surface area contributed by atoms with Crippen molar-refractivity contribution in [1.82, 2.24) is 0 Å². The predicted molar refractivity (Wildman–Crippen MR) is 67.0 cm³/mol. The molecule has 0 saturated carbocycles. The normalized spacial score (nSPS) is 11.7. The molecule has 0 saturated heterocycles. The van der Waals surface area contributed by atoms with Crippen LogP contribution in [0.4, 0.5) is 4.39 Å². The van der Waals surface area contributed by atoms with Gasteiger partial charge in [-0.1, -0.05) is 16.8 Å². The zero-order valence-electron chi connectivity index (χ0n) is 10.2. The van der Waals surface area contributed by atoms with Crippen LogP contribution in [0.25, 0.3) is 6.08 Å². The molecule has 1 aromatic rings. The molecule has 102 valence electrons. The van der Waals surface area contributed by atoms with E-state index < -0.39 is 11.8 Å². The van der Waals surface area contributed by atoms with E-state index in [0.29, 0.717) is 0 Å². The van der Waals surface area contributed by atoms with Crippen LogP contribution in [0, 0.1) is 5.82 Å². The smallest absolute Gasteiger partial charge is 0.358 e. The molecule has 0 spiro atoms. The van der Waals surface area contributed by atoms with Gasteiger partial charge in [0.05, 0.1) is 19.2 Å². The van der Waals surface area contributed by atoms with Crippen molar-refractivity contribution in [1.29, 1.82) is 0 Å². The molecule has 2 N–H and O–H groups in total. The Balaban J connectivity index is 3.34. The molecule has 1 aromatic carbocycles. The van der Waals surface area contributed by atoms with Crippen LogP contribution in [0.15, 0.2) is 28.2 Å². The van der Waals surface area contributed by atoms with E-state index in [1.165, 1.54) is 26.4 Å². The Bertz CT molecular complexity index is 546. The van der Waals surface area contributed by atoms with E-state index in [-0.39, 0.29) is 22.0 Å². The van der Waals surface area contributed by atoms with Gasteiger partial charge in [0.15, 0.2) is 5.70 Å². The Morgan fingerprint density at radius 1 is 1.47 bits per heavy atom. The van der Waals surface area contributed by atoms with Crippen molar-refractivity contribution in [2.45, 2.75) is 0 Å². The minimum Gasteiger partial charge on any atom is -0.496 e. The molecule has 0 atom stereocenters. The van der Waals surface area contributed by atoms with E-state index in [1.807, 2.05) is 0 Å². The van der Waals surface area contributed by atoms with Gasteiger partial charge in [-0.15, -0.1) is 5.11 Å². The van der Waals surface area contributed by atoms with Crippen LogP contribution in [-0.4, -0.2) is 20.2 Å². The van der Waals surface area contributed by atoms with Gasteiger partial charge < -0.3 is 15.3 Å². The molecular formula is C11H11ClFN3O3. The first-order valence-corrected chi connectivity index (χ1v) is 5.35. The zero-order chi connectivity index (χ0) is 14.4. The molecule has 1 rings (SSSR count). The first kappa shape index (κ1) is 14.9. The first-order chi connectivity index (χ1) is 9.03. The van der Waals surface area contributed by atoms with E-state index >= 15 is 0 Å². The summed E-state index contributed by atoms with van der Waals surface area (Å²) in [4.78, 5) is 11.4. The third-order valence-corrected chi connectivity index (χ3v) is 2.41. The number of methoxy groups -OCH3 is 2. The molecule has 0 fully saturated rings. The highest BCUT2D eigenvalue weighted by molar-refractivity contribution is 6.30. The van der Waals surface area contributed by atoms with Crippen molar-refractivity contribution in [3.05, 3.63) is 34.2 Å². The molecule has 0 bridgehead atoms. The van der Waals surface area contributed by atoms with Gasteiger partial charge in [0, 0.05) is 11.6 Å². The average molecular weight is 288 g/mol. The maximum atomic E-state index is 13.4. The second-order valence-electron chi connectivity index (χ2n) is 3.24. The van der Waals surface area contributed by atoms with Crippen molar-refractivity contribution < 1.29 is 18.7 Å². The van der Waals surface area contributed by atoms with Gasteiger partial charge in [-0.25, -0.2) is 9.18 Å². The molecule has 0 amide bonds. The molecule has 0 aromatic heterocycles. The highest BCUT2D eigenvalue weighted by Gasteiger charge is 2.13. The molecule has 0 aliphatic heterocycles. The van der Waals surface area contributed by atoms with E-state index in [0.717, 1.165) is 6.07 Å². The molecule has 19 heavy (non-hydrogen) atoms. The number of nitrogens with zero attached hydrogens (tertiary/aromatic N) is 2. The zero-order valence-corrected chi connectivity index (χ0v) is 10.9. The molecule has 0 heterocycles. The van der Waals surface area contributed by atoms with E-state index in [1.54, 1.807) is 0 Å². The summed E-state index contributed by atoms with van der Waals surface area (Å²) in [6.07, 6.45) is 1.22. The van der Waals surface area contributed by atoms with E-state index in [4.69, 9.17) is 22.2 Å². The summed E-state index contributed by atoms with van der Waals surface area (Å²) in [5.74, 6) is 3.71. The molecule has 0 aliphatic rings. The number of halogens is 2. The molecule has 0 unspecified atom stereocenters. The summed E-state index contributed by atoms with van der Waals surface area (Å²) in [5, 5.41) is 6.29. The molecule has 6 nitrogen and oxygen atoms in total. The summed E-state index contributed by atoms with van der Waals surface area (Å²) >= 11 is 5.62. The van der Waals surface area contributed by atoms with Crippen LogP contribution in [0.5, 0.6) is 5.75 Å². The second kappa shape index (κ2) is 6.69. The van der Waals surface area contributed by atoms with Gasteiger partial charge in [-0.3, -0.25) is 0 Å². The lowest BCUT2D eigenvalue weighted by molar-refractivity contribution is -0.136. The van der Waals surface area contributed by atoms with Crippen molar-refractivity contribution >= 4 is 23.6 Å². The van der Waals surface area contributed by atoms with Gasteiger partial charge >= 0.3 is 5.97 Å². The number of hydrogen-bond acceptors (Lipinski definition) is 5. The highest BCUT2D eigenvalue weighted by atomic mass is 35.5. The highest BCUT2D eigenvalue weighted by Crippen LogP contribution is 2.28. The van der Waals surface area contributed by atoms with Gasteiger partial charge in [0.1, 0.15) is 11.6 Å². The minimum atomic E-state index is -0.772. The fraction of sp³-hybridized carbons (Fsp3) is 0.182. The summed E-state index contributed by atoms with van der Waals surface area (Å²) in [6.45, 7) is 0. The summed E-state index contributed by atoms with van der Waals surface area (Å²) in [5.41, 5.74) is 0.0437. The Hall–Kier alpha value is -2.15. The van der Waals surface area contributed by atoms with E-state index in [9.17, 15) is 9.18 Å². The lowest BCUT2D eigenvalue weighted by Crippen LogP contribution is -2.03. The first-order valence-electron chi connectivity index (χ1n) is 4.97. The summed E-state index contributed by atoms with van der Waals surface area (Å²) in [7, 11) is 2.55. The fourth-order valence-corrected chi connectivity index (χ4v) is 1.43. The lowest BCUT2D eigenvalue weighted by atomic mass is 10.1. The number of carbonyl (C=O) groups excluding carboxylic acids is 1. The van der Waals surface area contributed by atoms with Crippen LogP contribution < -0.4 is 10.6 Å². The standard InChI is InChI=1S/C11H11ClFN3O3/c1-18-10-5-7(12)8(13)3-6(10)4-9(15-16-14)11(17)19-2/h3-5H,1-2H3,(H2,14,15)/b9-4-. The van der Waals surface area contributed by atoms with Crippen molar-refractivity contribution in [2.75, 3.05) is 14.2 Å². The second-order valence-corrected chi connectivity index (χ2v) is 3.65. The molecule has 0 radical (unpaired) electrons. The molecule has 8 heteroatoms. The Morgan fingerprint density at radius 2 is 2.16 bits per heavy atom. The molecule has 0 aliphatic carbocycles. The van der Waals surface area contributed by atoms with Gasteiger partial charge in [-0.2, -0.15) is 0 Å². The van der Waals surface area contributed by atoms with Crippen molar-refractivity contribution in [2.24, 2.45) is 16.2 Å². The maximum absolute atomic E-state index is 13.4. The van der Waals surface area contributed by atoms with Crippen LogP contribution in [0.2, 0.25) is 5.02 Å². The maximum Gasteiger partial charge on any atom is 0.358 e. The van der Waals surface area contributed by atoms with Gasteiger partial charge in [0.25, 0.3) is 0 Å². The van der Waals surface area contributed by atoms with Crippen molar-refractivity contribution in [3.8, 4) is 5.75 Å². The number of nitrogens with two attached hydrogens (primary N) is 1. The van der Waals surface area contributed by atoms with Crippen LogP contribution in [-0.2, 0) is 9.53 Å². The number of benzene rings is 1. The topological polar surface area (TPSA) is 86.3 Å². The monoisotopic (exact) mass is 287 g/mol. The summed E-state index contributed by atoms with van der Waals surface area (Å²) < 4.78 is 22.9. The van der Waals surface area contributed by atoms with Crippen LogP contribution in [0.3, 0.4) is 0 Å². The van der Waals surface area contributed by atoms with Crippen LogP contribution in [0.1, 0.15) is 5.56 Å². The number of hydrogen-bond donors (Lipinski definition) is 1. The number of ether oxygens (including phenoxy) is 2. The number of rotatable bonds is 4. The summed E-state index contributed by atoms with van der Waals surface area (Å²) in [6, 6.07) is 2.37. The van der Waals surface area contributed by atoms with E-state index in [2.05, 4.69) is 15.1 Å². The molecular weight excluding hydrogens is 277 g/mol. The SMILES string of the molecule is COC(=O)/C(=C/c1cc(F)c(Cl)cc1OC)N=NN. The Kier molecular flexibility index (Phi) is 5.25. The third-order valence-electron chi connectivity index (χ3n) is 2.12. The average Bonchev–Trinajstić information content (AvgIpc) is 2.41.